The standard InChI is InChI=1S/C20H21N3O10/c1-4-13(24)29-9-11-16-17(32-15(26)6-5-14(25)31-16)18(30-11)23-8-7-12(21-20(23)28)22-33-19(27)10(2)3/h4-8,10-11,16-18H,1,9H2,2-3H3,(H,21,22,28)/b6-5-/t11-,16-,17-,18-/m1/s1. The predicted molar refractivity (Wildman–Crippen MR) is 107 cm³/mol. The van der Waals surface area contributed by atoms with Gasteiger partial charge in [-0.1, -0.05) is 20.4 Å². The molecule has 1 saturated heterocycles. The first-order chi connectivity index (χ1) is 15.7. The van der Waals surface area contributed by atoms with Gasteiger partial charge >= 0.3 is 29.6 Å². The van der Waals surface area contributed by atoms with Crippen molar-refractivity contribution in [2.75, 3.05) is 12.1 Å². The molecule has 2 aliphatic heterocycles. The SMILES string of the molecule is C=CC(=O)OC[C@H]1O[C@@H](n2ccc(NOC(=O)C(C)C)nc2=O)[C@@H]2OC(=O)/C=C\C(=O)O[C@@H]21. The summed E-state index contributed by atoms with van der Waals surface area (Å²) in [7, 11) is 0. The maximum absolute atomic E-state index is 12.6. The van der Waals surface area contributed by atoms with Gasteiger partial charge < -0.3 is 23.8 Å². The van der Waals surface area contributed by atoms with Gasteiger partial charge in [0.1, 0.15) is 12.7 Å². The monoisotopic (exact) mass is 463 g/mol. The van der Waals surface area contributed by atoms with Crippen molar-refractivity contribution in [1.29, 1.82) is 0 Å². The fourth-order valence-electron chi connectivity index (χ4n) is 2.92. The van der Waals surface area contributed by atoms with Crippen molar-refractivity contribution in [1.82, 2.24) is 9.55 Å². The van der Waals surface area contributed by atoms with Gasteiger partial charge in [-0.05, 0) is 0 Å². The summed E-state index contributed by atoms with van der Waals surface area (Å²) in [5.41, 5.74) is 1.42. The fraction of sp³-hybridized carbons (Fsp3) is 0.400. The molecular formula is C20H21N3O10. The number of anilines is 1. The van der Waals surface area contributed by atoms with Gasteiger partial charge in [0.2, 0.25) is 0 Å². The highest BCUT2D eigenvalue weighted by molar-refractivity contribution is 5.92. The molecule has 13 heteroatoms. The van der Waals surface area contributed by atoms with Crippen LogP contribution in [-0.4, -0.2) is 58.3 Å². The van der Waals surface area contributed by atoms with Crippen molar-refractivity contribution < 1.29 is 43.0 Å². The Hall–Kier alpha value is -4.00. The zero-order valence-corrected chi connectivity index (χ0v) is 17.7. The number of aromatic nitrogens is 2. The molecule has 1 aromatic rings. The number of hydrogen-bond donors (Lipinski definition) is 1. The van der Waals surface area contributed by atoms with Crippen LogP contribution in [0.15, 0.2) is 41.9 Å². The molecular weight excluding hydrogens is 442 g/mol. The van der Waals surface area contributed by atoms with E-state index >= 15 is 0 Å². The molecule has 13 nitrogen and oxygen atoms in total. The minimum absolute atomic E-state index is 0.0553. The van der Waals surface area contributed by atoms with E-state index in [0.29, 0.717) is 0 Å². The molecule has 0 bridgehead atoms. The van der Waals surface area contributed by atoms with E-state index in [1.165, 1.54) is 12.3 Å². The van der Waals surface area contributed by atoms with Crippen LogP contribution in [0.25, 0.3) is 0 Å². The Morgan fingerprint density at radius 2 is 1.88 bits per heavy atom. The Balaban J connectivity index is 1.86. The molecule has 0 unspecified atom stereocenters. The van der Waals surface area contributed by atoms with Crippen LogP contribution in [0.1, 0.15) is 20.1 Å². The van der Waals surface area contributed by atoms with Gasteiger partial charge in [-0.15, -0.1) is 0 Å². The molecule has 1 aromatic heterocycles. The van der Waals surface area contributed by atoms with Gasteiger partial charge in [0.15, 0.2) is 24.3 Å². The van der Waals surface area contributed by atoms with E-state index in [9.17, 15) is 24.0 Å². The van der Waals surface area contributed by atoms with Gasteiger partial charge in [0.25, 0.3) is 0 Å². The van der Waals surface area contributed by atoms with Crippen LogP contribution in [0.3, 0.4) is 0 Å². The lowest BCUT2D eigenvalue weighted by Gasteiger charge is -2.25. The molecule has 0 aliphatic carbocycles. The zero-order chi connectivity index (χ0) is 24.1. The van der Waals surface area contributed by atoms with E-state index in [2.05, 4.69) is 17.0 Å². The average molecular weight is 463 g/mol. The van der Waals surface area contributed by atoms with Crippen LogP contribution in [-0.2, 0) is 43.0 Å². The van der Waals surface area contributed by atoms with Crippen LogP contribution in [0.2, 0.25) is 0 Å². The van der Waals surface area contributed by atoms with Crippen molar-refractivity contribution in [3.05, 3.63) is 47.6 Å². The van der Waals surface area contributed by atoms with Crippen molar-refractivity contribution in [3.8, 4) is 0 Å². The molecule has 3 rings (SSSR count). The van der Waals surface area contributed by atoms with Crippen LogP contribution in [0, 0.1) is 5.92 Å². The van der Waals surface area contributed by atoms with E-state index in [1.54, 1.807) is 13.8 Å². The quantitative estimate of drug-likeness (QED) is 0.245. The van der Waals surface area contributed by atoms with Crippen LogP contribution in [0.5, 0.6) is 0 Å². The third kappa shape index (κ3) is 5.63. The van der Waals surface area contributed by atoms with E-state index in [4.69, 9.17) is 23.8 Å². The molecule has 0 amide bonds. The first kappa shape index (κ1) is 23.7. The van der Waals surface area contributed by atoms with Crippen molar-refractivity contribution in [2.45, 2.75) is 38.4 Å². The molecule has 0 saturated carbocycles. The first-order valence-electron chi connectivity index (χ1n) is 9.79. The normalized spacial score (nSPS) is 25.1. The summed E-state index contributed by atoms with van der Waals surface area (Å²) in [4.78, 5) is 68.2. The minimum atomic E-state index is -1.27. The number of carbonyl (C=O) groups excluding carboxylic acids is 4. The third-order valence-corrected chi connectivity index (χ3v) is 4.53. The third-order valence-electron chi connectivity index (χ3n) is 4.53. The Morgan fingerprint density at radius 3 is 2.48 bits per heavy atom. The van der Waals surface area contributed by atoms with Crippen molar-refractivity contribution in [3.63, 3.8) is 0 Å². The maximum Gasteiger partial charge on any atom is 0.351 e. The molecule has 176 valence electrons. The number of carbonyl (C=O) groups is 4. The molecule has 0 radical (unpaired) electrons. The summed E-state index contributed by atoms with van der Waals surface area (Å²) >= 11 is 0. The summed E-state index contributed by atoms with van der Waals surface area (Å²) in [6, 6.07) is 1.31. The predicted octanol–water partition coefficient (Wildman–Crippen LogP) is -0.211. The summed E-state index contributed by atoms with van der Waals surface area (Å²) in [5, 5.41) is 0. The zero-order valence-electron chi connectivity index (χ0n) is 17.7. The molecule has 0 aromatic carbocycles. The van der Waals surface area contributed by atoms with Crippen molar-refractivity contribution >= 4 is 29.7 Å². The molecule has 3 heterocycles. The highest BCUT2D eigenvalue weighted by atomic mass is 16.7. The number of esters is 3. The molecule has 0 spiro atoms. The second-order valence-electron chi connectivity index (χ2n) is 7.22. The van der Waals surface area contributed by atoms with E-state index < -0.39 is 60.0 Å². The summed E-state index contributed by atoms with van der Waals surface area (Å²) in [5.74, 6) is -3.48. The lowest BCUT2D eigenvalue weighted by Crippen LogP contribution is -2.43. The Labute approximate surface area is 186 Å². The summed E-state index contributed by atoms with van der Waals surface area (Å²) < 4.78 is 22.4. The van der Waals surface area contributed by atoms with Gasteiger partial charge in [0, 0.05) is 30.5 Å². The largest absolute Gasteiger partial charge is 0.460 e. The lowest BCUT2D eigenvalue weighted by atomic mass is 10.1. The van der Waals surface area contributed by atoms with Crippen molar-refractivity contribution in [2.24, 2.45) is 5.92 Å². The lowest BCUT2D eigenvalue weighted by molar-refractivity contribution is -0.164. The number of hydrogen-bond acceptors (Lipinski definition) is 12. The number of fused-ring (bicyclic) bond motifs is 1. The Kier molecular flexibility index (Phi) is 7.23. The number of nitrogens with zero attached hydrogens (tertiary/aromatic N) is 2. The van der Waals surface area contributed by atoms with Crippen LogP contribution in [0.4, 0.5) is 5.82 Å². The highest BCUT2D eigenvalue weighted by Gasteiger charge is 2.51. The highest BCUT2D eigenvalue weighted by Crippen LogP contribution is 2.34. The summed E-state index contributed by atoms with van der Waals surface area (Å²) in [6.45, 7) is 6.17. The van der Waals surface area contributed by atoms with Crippen LogP contribution < -0.4 is 11.2 Å². The van der Waals surface area contributed by atoms with Gasteiger partial charge in [-0.3, -0.25) is 4.57 Å². The van der Waals surface area contributed by atoms with E-state index in [-0.39, 0.29) is 12.4 Å². The Morgan fingerprint density at radius 1 is 1.21 bits per heavy atom. The molecule has 1 fully saturated rings. The van der Waals surface area contributed by atoms with E-state index in [0.717, 1.165) is 22.8 Å². The number of nitrogens with one attached hydrogen (secondary N) is 1. The smallest absolute Gasteiger partial charge is 0.351 e. The van der Waals surface area contributed by atoms with E-state index in [1.807, 2.05) is 0 Å². The van der Waals surface area contributed by atoms with Crippen LogP contribution >= 0.6 is 0 Å². The number of rotatable bonds is 7. The molecule has 1 N–H and O–H groups in total. The minimum Gasteiger partial charge on any atom is -0.460 e. The van der Waals surface area contributed by atoms with Gasteiger partial charge in [-0.2, -0.15) is 4.98 Å². The average Bonchev–Trinajstić information content (AvgIpc) is 3.09. The molecule has 2 aliphatic rings. The number of ether oxygens (including phenoxy) is 4. The Bertz CT molecular complexity index is 1050. The first-order valence-corrected chi connectivity index (χ1v) is 9.79. The fourth-order valence-corrected chi connectivity index (χ4v) is 2.92. The summed E-state index contributed by atoms with van der Waals surface area (Å²) in [6.07, 6.45) is -0.833. The molecule has 4 atom stereocenters. The second kappa shape index (κ2) is 10.1. The topological polar surface area (TPSA) is 161 Å². The van der Waals surface area contributed by atoms with Gasteiger partial charge in [0.05, 0.1) is 5.92 Å². The molecule has 33 heavy (non-hydrogen) atoms. The van der Waals surface area contributed by atoms with Gasteiger partial charge in [-0.25, -0.2) is 29.5 Å². The maximum atomic E-state index is 12.6. The second-order valence-corrected chi connectivity index (χ2v) is 7.22.